The molecule has 0 saturated heterocycles. The molecule has 0 aliphatic rings. The Kier molecular flexibility index (Phi) is 4.72. The van der Waals surface area contributed by atoms with Gasteiger partial charge in [0.15, 0.2) is 0 Å². The van der Waals surface area contributed by atoms with Crippen LogP contribution in [0.25, 0.3) is 0 Å². The van der Waals surface area contributed by atoms with Gasteiger partial charge >= 0.3 is 0 Å². The summed E-state index contributed by atoms with van der Waals surface area (Å²) in [7, 11) is 1.94. The number of hydrogen-bond donors (Lipinski definition) is 1. The van der Waals surface area contributed by atoms with Gasteiger partial charge in [-0.2, -0.15) is 12.6 Å². The summed E-state index contributed by atoms with van der Waals surface area (Å²) in [5.41, 5.74) is 0.658. The number of halogens is 2. The molecule has 0 atom stereocenters. The highest BCUT2D eigenvalue weighted by Gasteiger charge is 2.04. The van der Waals surface area contributed by atoms with Crippen LogP contribution in [0.1, 0.15) is 5.56 Å². The zero-order chi connectivity index (χ0) is 10.6. The van der Waals surface area contributed by atoms with Crippen LogP contribution in [-0.4, -0.2) is 24.4 Å². The van der Waals surface area contributed by atoms with Crippen LogP contribution in [0.3, 0.4) is 0 Å². The number of thiol groups is 1. The van der Waals surface area contributed by atoms with Crippen molar-refractivity contribution in [3.05, 3.63) is 34.6 Å². The molecule has 4 heteroatoms. The van der Waals surface area contributed by atoms with Crippen molar-refractivity contribution in [1.29, 1.82) is 0 Å². The zero-order valence-corrected chi connectivity index (χ0v) is 9.65. The van der Waals surface area contributed by atoms with Crippen molar-refractivity contribution in [3.63, 3.8) is 0 Å². The first-order valence-electron chi connectivity index (χ1n) is 4.37. The Hall–Kier alpha value is -0.250. The Bertz CT molecular complexity index is 306. The van der Waals surface area contributed by atoms with Crippen LogP contribution in [0, 0.1) is 5.82 Å². The molecular weight excluding hydrogens is 221 g/mol. The van der Waals surface area contributed by atoms with Gasteiger partial charge in [-0.1, -0.05) is 11.6 Å². The topological polar surface area (TPSA) is 3.24 Å². The maximum atomic E-state index is 13.2. The first-order chi connectivity index (χ1) is 6.63. The number of hydrogen-bond acceptors (Lipinski definition) is 2. The van der Waals surface area contributed by atoms with Crippen molar-refractivity contribution in [2.45, 2.75) is 6.42 Å². The second-order valence-electron chi connectivity index (χ2n) is 3.21. The predicted octanol–water partition coefficient (Wildman–Crippen LogP) is 2.84. The molecule has 0 radical (unpaired) electrons. The normalized spacial score (nSPS) is 10.9. The third-order valence-electron chi connectivity index (χ3n) is 2.01. The molecule has 0 unspecified atom stereocenters. The summed E-state index contributed by atoms with van der Waals surface area (Å²) in [6.07, 6.45) is 0.656. The lowest BCUT2D eigenvalue weighted by atomic mass is 10.1. The Labute approximate surface area is 94.3 Å². The molecule has 0 aliphatic heterocycles. The molecule has 1 aromatic carbocycles. The molecule has 0 saturated carbocycles. The van der Waals surface area contributed by atoms with Gasteiger partial charge in [0.1, 0.15) is 5.82 Å². The van der Waals surface area contributed by atoms with Gasteiger partial charge in [0.25, 0.3) is 0 Å². The van der Waals surface area contributed by atoms with E-state index in [0.717, 1.165) is 6.54 Å². The highest BCUT2D eigenvalue weighted by Crippen LogP contribution is 2.15. The van der Waals surface area contributed by atoms with Gasteiger partial charge < -0.3 is 0 Å². The average molecular weight is 234 g/mol. The first-order valence-corrected chi connectivity index (χ1v) is 5.38. The Balaban J connectivity index is 2.62. The van der Waals surface area contributed by atoms with Crippen LogP contribution in [0.5, 0.6) is 0 Å². The van der Waals surface area contributed by atoms with Crippen molar-refractivity contribution in [2.24, 2.45) is 0 Å². The van der Waals surface area contributed by atoms with Crippen LogP contribution >= 0.6 is 24.2 Å². The zero-order valence-electron chi connectivity index (χ0n) is 8.00. The van der Waals surface area contributed by atoms with E-state index in [1.54, 1.807) is 12.1 Å². The summed E-state index contributed by atoms with van der Waals surface area (Å²) in [6.45, 7) is 0.779. The molecule has 1 rings (SSSR count). The number of likely N-dealkylation sites (N-methyl/N-ethyl adjacent to an activating group) is 1. The fourth-order valence-corrected chi connectivity index (χ4v) is 1.45. The summed E-state index contributed by atoms with van der Waals surface area (Å²) in [4.78, 5) is 2.00. The molecule has 0 spiro atoms. The van der Waals surface area contributed by atoms with Gasteiger partial charge in [-0.05, 0) is 37.2 Å². The van der Waals surface area contributed by atoms with Crippen molar-refractivity contribution >= 4 is 24.2 Å². The summed E-state index contributed by atoms with van der Waals surface area (Å²) < 4.78 is 13.2. The van der Waals surface area contributed by atoms with Crippen molar-refractivity contribution in [2.75, 3.05) is 19.5 Å². The van der Waals surface area contributed by atoms with Gasteiger partial charge in [0, 0.05) is 17.4 Å². The number of nitrogens with zero attached hydrogens (tertiary/aromatic N) is 1. The summed E-state index contributed by atoms with van der Waals surface area (Å²) in [5, 5.41) is 0.579. The summed E-state index contributed by atoms with van der Waals surface area (Å²) in [5.74, 6) is 0.476. The van der Waals surface area contributed by atoms with Crippen LogP contribution in [0.2, 0.25) is 5.02 Å². The molecule has 0 aliphatic carbocycles. The maximum Gasteiger partial charge on any atom is 0.126 e. The van der Waals surface area contributed by atoms with E-state index in [0.29, 0.717) is 22.9 Å². The molecule has 0 aromatic heterocycles. The minimum atomic E-state index is -0.193. The minimum absolute atomic E-state index is 0.193. The van der Waals surface area contributed by atoms with E-state index in [2.05, 4.69) is 12.6 Å². The third-order valence-corrected chi connectivity index (χ3v) is 2.73. The molecule has 1 nitrogen and oxygen atoms in total. The quantitative estimate of drug-likeness (QED) is 0.618. The highest BCUT2D eigenvalue weighted by molar-refractivity contribution is 7.80. The largest absolute Gasteiger partial charge is 0.297 e. The van der Waals surface area contributed by atoms with Gasteiger partial charge in [-0.3, -0.25) is 4.90 Å². The lowest BCUT2D eigenvalue weighted by Crippen LogP contribution is -2.19. The minimum Gasteiger partial charge on any atom is -0.297 e. The molecule has 1 aromatic rings. The van der Waals surface area contributed by atoms with Gasteiger partial charge in [-0.15, -0.1) is 0 Å². The van der Waals surface area contributed by atoms with E-state index in [4.69, 9.17) is 11.6 Å². The average Bonchev–Trinajstić information content (AvgIpc) is 2.19. The Morgan fingerprint density at radius 2 is 2.21 bits per heavy atom. The molecule has 0 N–H and O–H groups in total. The van der Waals surface area contributed by atoms with E-state index >= 15 is 0 Å². The van der Waals surface area contributed by atoms with Crippen LogP contribution in [0.4, 0.5) is 4.39 Å². The lowest BCUT2D eigenvalue weighted by Gasteiger charge is -2.13. The molecule has 14 heavy (non-hydrogen) atoms. The van der Waals surface area contributed by atoms with Gasteiger partial charge in [0.05, 0.1) is 0 Å². The Morgan fingerprint density at radius 3 is 2.86 bits per heavy atom. The molecular formula is C10H13ClFNS. The predicted molar refractivity (Wildman–Crippen MR) is 61.6 cm³/mol. The molecule has 0 heterocycles. The lowest BCUT2D eigenvalue weighted by molar-refractivity contribution is 0.396. The van der Waals surface area contributed by atoms with E-state index in [1.165, 1.54) is 6.07 Å². The van der Waals surface area contributed by atoms with Crippen molar-refractivity contribution in [1.82, 2.24) is 4.90 Å². The first kappa shape index (κ1) is 11.8. The SMILES string of the molecule is CN(CS)CCc1cc(Cl)ccc1F. The molecule has 0 bridgehead atoms. The summed E-state index contributed by atoms with van der Waals surface area (Å²) >= 11 is 9.88. The standard InChI is InChI=1S/C10H13ClFNS/c1-13(7-14)5-4-8-6-9(11)2-3-10(8)12/h2-3,6,14H,4-5,7H2,1H3. The second-order valence-corrected chi connectivity index (χ2v) is 3.93. The smallest absolute Gasteiger partial charge is 0.126 e. The number of benzene rings is 1. The van der Waals surface area contributed by atoms with Crippen LogP contribution in [-0.2, 0) is 6.42 Å². The second kappa shape index (κ2) is 5.59. The van der Waals surface area contributed by atoms with Crippen molar-refractivity contribution in [3.8, 4) is 0 Å². The molecule has 0 fully saturated rings. The van der Waals surface area contributed by atoms with E-state index in [1.807, 2.05) is 11.9 Å². The molecule has 78 valence electrons. The maximum absolute atomic E-state index is 13.2. The van der Waals surface area contributed by atoms with Crippen molar-refractivity contribution < 1.29 is 4.39 Å². The Morgan fingerprint density at radius 1 is 1.50 bits per heavy atom. The van der Waals surface area contributed by atoms with Crippen LogP contribution < -0.4 is 0 Å². The van der Waals surface area contributed by atoms with E-state index in [9.17, 15) is 4.39 Å². The van der Waals surface area contributed by atoms with Gasteiger partial charge in [-0.25, -0.2) is 4.39 Å². The molecule has 0 amide bonds. The third kappa shape index (κ3) is 3.48. The van der Waals surface area contributed by atoms with Crippen LogP contribution in [0.15, 0.2) is 18.2 Å². The summed E-state index contributed by atoms with van der Waals surface area (Å²) in [6, 6.07) is 4.63. The van der Waals surface area contributed by atoms with Gasteiger partial charge in [0.2, 0.25) is 0 Å². The fourth-order valence-electron chi connectivity index (χ4n) is 1.12. The monoisotopic (exact) mass is 233 g/mol. The highest BCUT2D eigenvalue weighted by atomic mass is 35.5. The van der Waals surface area contributed by atoms with E-state index in [-0.39, 0.29) is 5.82 Å². The van der Waals surface area contributed by atoms with E-state index < -0.39 is 0 Å². The fraction of sp³-hybridized carbons (Fsp3) is 0.400. The number of rotatable bonds is 4.